The third-order valence-electron chi connectivity index (χ3n) is 11.5. The van der Waals surface area contributed by atoms with Gasteiger partial charge in [0.05, 0.1) is 22.7 Å². The third kappa shape index (κ3) is 9.63. The first-order valence-corrected chi connectivity index (χ1v) is 19.1. The first-order valence-electron chi connectivity index (χ1n) is 19.1. The number of nitro groups is 1. The maximum atomic E-state index is 14.6. The molecule has 1 aromatic carbocycles. The van der Waals surface area contributed by atoms with E-state index in [1.807, 2.05) is 53.6 Å². The van der Waals surface area contributed by atoms with Gasteiger partial charge in [0.2, 0.25) is 0 Å². The predicted octanol–water partition coefficient (Wildman–Crippen LogP) is 5.06. The Morgan fingerprint density at radius 2 is 1.78 bits per heavy atom. The summed E-state index contributed by atoms with van der Waals surface area (Å²) >= 11 is 0. The van der Waals surface area contributed by atoms with Crippen molar-refractivity contribution in [1.29, 1.82) is 0 Å². The number of likely N-dealkylation sites (N-methyl/N-ethyl adjacent to an activating group) is 1. The molecule has 3 aliphatic rings. The van der Waals surface area contributed by atoms with Gasteiger partial charge in [-0.05, 0) is 78.7 Å². The molecule has 2 saturated heterocycles. The zero-order chi connectivity index (χ0) is 41.0. The maximum Gasteiger partial charge on any atom is 0.425 e. The van der Waals surface area contributed by atoms with Crippen molar-refractivity contribution in [3.63, 3.8) is 0 Å². The van der Waals surface area contributed by atoms with E-state index in [9.17, 15) is 29.6 Å². The monoisotopic (exact) mass is 772 g/mol. The molecule has 3 heterocycles. The standard InChI is InChI=1S/C40H60N4O11/c1-12-31-40(8)34(43(38(48)55-40)41-19-13-14-28-15-17-29(18-16-28)44(49)50)27(6)32(45)25(4)22-39(7,51-11)35(23(2)20-24(3)36(47)53-31)54-37-33(46)30(42(9)10)21-26(5)52-37/h13-18,20,23,25-27,30-31,33-35,37,41,46H,12,19,21-22H2,1-11H3/b14-13+,24-20+/t23-,25+,26+,27-,30-,31+,33+,34+,35+,37-,39-,40+/m0/s1. The smallest absolute Gasteiger partial charge is 0.425 e. The van der Waals surface area contributed by atoms with E-state index in [-0.39, 0.29) is 43.0 Å². The number of aliphatic hydroxyl groups is 1. The lowest BCUT2D eigenvalue weighted by Crippen LogP contribution is -2.60. The van der Waals surface area contributed by atoms with Crippen molar-refractivity contribution in [1.82, 2.24) is 15.3 Å². The molecule has 0 aromatic heterocycles. The van der Waals surface area contributed by atoms with Crippen molar-refractivity contribution in [2.75, 3.05) is 27.7 Å². The van der Waals surface area contributed by atoms with Gasteiger partial charge in [-0.2, -0.15) is 0 Å². The van der Waals surface area contributed by atoms with E-state index >= 15 is 0 Å². The van der Waals surface area contributed by atoms with E-state index in [0.29, 0.717) is 17.6 Å². The van der Waals surface area contributed by atoms with Crippen molar-refractivity contribution >= 4 is 29.6 Å². The van der Waals surface area contributed by atoms with Crippen LogP contribution in [0.15, 0.2) is 42.0 Å². The molecule has 12 atom stereocenters. The normalized spacial score (nSPS) is 37.6. The number of nitrogens with one attached hydrogen (secondary N) is 1. The Bertz CT molecular complexity index is 1600. The maximum absolute atomic E-state index is 14.6. The molecule has 0 aliphatic carbocycles. The molecular weight excluding hydrogens is 712 g/mol. The van der Waals surface area contributed by atoms with Crippen LogP contribution in [0.2, 0.25) is 0 Å². The first kappa shape index (κ1) is 44.0. The highest BCUT2D eigenvalue weighted by Gasteiger charge is 2.60. The number of methoxy groups -OCH3 is 1. The summed E-state index contributed by atoms with van der Waals surface area (Å²) in [6.45, 7) is 14.5. The molecule has 0 bridgehead atoms. The Morgan fingerprint density at radius 3 is 2.36 bits per heavy atom. The highest BCUT2D eigenvalue weighted by atomic mass is 16.7. The summed E-state index contributed by atoms with van der Waals surface area (Å²) in [7, 11) is 5.33. The molecule has 0 saturated carbocycles. The number of nitro benzene ring substituents is 1. The summed E-state index contributed by atoms with van der Waals surface area (Å²) in [6.07, 6.45) is 1.70. The molecule has 0 spiro atoms. The lowest BCUT2D eigenvalue weighted by molar-refractivity contribution is -0.384. The van der Waals surface area contributed by atoms with Gasteiger partial charge in [0.1, 0.15) is 24.0 Å². The van der Waals surface area contributed by atoms with Crippen molar-refractivity contribution in [2.45, 2.75) is 129 Å². The minimum Gasteiger partial charge on any atom is -0.455 e. The Kier molecular flexibility index (Phi) is 14.4. The van der Waals surface area contributed by atoms with E-state index < -0.39 is 76.6 Å². The van der Waals surface area contributed by atoms with E-state index in [4.69, 9.17) is 23.7 Å². The Labute approximate surface area is 324 Å². The van der Waals surface area contributed by atoms with E-state index in [0.717, 1.165) is 0 Å². The number of non-ortho nitro benzene ring substituents is 1. The van der Waals surface area contributed by atoms with Gasteiger partial charge in [-0.3, -0.25) is 14.9 Å². The van der Waals surface area contributed by atoms with Crippen molar-refractivity contribution in [2.24, 2.45) is 17.8 Å². The fourth-order valence-electron chi connectivity index (χ4n) is 8.49. The van der Waals surface area contributed by atoms with Gasteiger partial charge in [0.25, 0.3) is 5.69 Å². The van der Waals surface area contributed by atoms with Gasteiger partial charge in [-0.25, -0.2) is 20.0 Å². The van der Waals surface area contributed by atoms with E-state index in [1.165, 1.54) is 17.1 Å². The van der Waals surface area contributed by atoms with Crippen LogP contribution in [0.4, 0.5) is 10.5 Å². The Balaban J connectivity index is 1.70. The fourth-order valence-corrected chi connectivity index (χ4v) is 8.49. The van der Waals surface area contributed by atoms with Crippen LogP contribution in [0.3, 0.4) is 0 Å². The second-order valence-corrected chi connectivity index (χ2v) is 15.9. The Morgan fingerprint density at radius 1 is 1.13 bits per heavy atom. The molecule has 0 radical (unpaired) electrons. The van der Waals surface area contributed by atoms with Gasteiger partial charge < -0.3 is 33.7 Å². The molecule has 55 heavy (non-hydrogen) atoms. The number of Topliss-reactive ketones (excluding diaryl/α,β-unsaturated/α-hetero) is 1. The van der Waals surface area contributed by atoms with Crippen molar-refractivity contribution in [3.05, 3.63) is 57.7 Å². The van der Waals surface area contributed by atoms with Crippen LogP contribution in [-0.2, 0) is 33.3 Å². The van der Waals surface area contributed by atoms with E-state index in [2.05, 4.69) is 5.43 Å². The van der Waals surface area contributed by atoms with Gasteiger partial charge in [0, 0.05) is 55.2 Å². The molecule has 0 unspecified atom stereocenters. The van der Waals surface area contributed by atoms with E-state index in [1.54, 1.807) is 58.2 Å². The number of ether oxygens (including phenoxy) is 5. The summed E-state index contributed by atoms with van der Waals surface area (Å²) in [5, 5.41) is 23.7. The number of carbonyl (C=O) groups excluding carboxylic acids is 3. The quantitative estimate of drug-likeness (QED) is 0.183. The number of esters is 1. The van der Waals surface area contributed by atoms with Gasteiger partial charge >= 0.3 is 12.1 Å². The highest BCUT2D eigenvalue weighted by molar-refractivity contribution is 5.88. The number of hydrazine groups is 1. The number of ketones is 1. The average molecular weight is 773 g/mol. The lowest BCUT2D eigenvalue weighted by atomic mass is 9.74. The number of fused-ring (bicyclic) bond motifs is 1. The molecular formula is C40H60N4O11. The SMILES string of the molecule is CC[C@H]1OC(=O)/C(C)=C/[C@H](C)[C@@H](O[C@@H]2O[C@H](C)C[C@H](N(C)C)[C@H]2O)[C@@](C)(OC)C[C@@H](C)C(=O)[C@H](C)[C@H]2N(NC/C=C/c3ccc([N+](=O)[O-])cc3)C(=O)O[C@]12C. The first-order chi connectivity index (χ1) is 25.8. The summed E-state index contributed by atoms with van der Waals surface area (Å²) < 4.78 is 31.2. The molecule has 1 aromatic rings. The van der Waals surface area contributed by atoms with Crippen LogP contribution >= 0.6 is 0 Å². The minimum absolute atomic E-state index is 0.0267. The number of amides is 1. The summed E-state index contributed by atoms with van der Waals surface area (Å²) in [4.78, 5) is 54.6. The summed E-state index contributed by atoms with van der Waals surface area (Å²) in [5.41, 5.74) is 1.54. The number of rotatable bonds is 10. The zero-order valence-electron chi connectivity index (χ0n) is 34.0. The number of benzene rings is 1. The fraction of sp³-hybridized carbons (Fsp3) is 0.675. The van der Waals surface area contributed by atoms with Crippen LogP contribution in [0.25, 0.3) is 6.08 Å². The van der Waals surface area contributed by atoms with Gasteiger partial charge in [-0.1, -0.05) is 45.9 Å². The van der Waals surface area contributed by atoms with Crippen molar-refractivity contribution < 1.29 is 48.1 Å². The van der Waals surface area contributed by atoms with Crippen LogP contribution in [0.5, 0.6) is 0 Å². The summed E-state index contributed by atoms with van der Waals surface area (Å²) in [6, 6.07) is 4.91. The number of hydrogen-bond acceptors (Lipinski definition) is 13. The van der Waals surface area contributed by atoms with Crippen LogP contribution < -0.4 is 5.43 Å². The number of cyclic esters (lactones) is 1. The van der Waals surface area contributed by atoms with Gasteiger partial charge in [0.15, 0.2) is 11.9 Å². The number of nitrogens with zero attached hydrogens (tertiary/aromatic N) is 3. The number of carbonyl (C=O) groups is 3. The molecule has 4 rings (SSSR count). The molecule has 306 valence electrons. The third-order valence-corrected chi connectivity index (χ3v) is 11.5. The second-order valence-electron chi connectivity index (χ2n) is 15.9. The molecule has 3 aliphatic heterocycles. The number of hydrogen-bond donors (Lipinski definition) is 2. The predicted molar refractivity (Wildman–Crippen MR) is 204 cm³/mol. The second kappa shape index (κ2) is 18.0. The zero-order valence-corrected chi connectivity index (χ0v) is 34.0. The molecule has 2 fully saturated rings. The van der Waals surface area contributed by atoms with Crippen LogP contribution in [-0.4, -0.2) is 120 Å². The molecule has 1 amide bonds. The molecule has 2 N–H and O–H groups in total. The lowest BCUT2D eigenvalue weighted by Gasteiger charge is -2.46. The van der Waals surface area contributed by atoms with Crippen molar-refractivity contribution in [3.8, 4) is 0 Å². The Hall–Kier alpha value is -3.73. The molecule has 15 heteroatoms. The number of aliphatic hydroxyl groups excluding tert-OH is 1. The van der Waals surface area contributed by atoms with Gasteiger partial charge in [-0.15, -0.1) is 0 Å². The molecule has 15 nitrogen and oxygen atoms in total. The van der Waals surface area contributed by atoms with Crippen LogP contribution in [0.1, 0.15) is 80.2 Å². The summed E-state index contributed by atoms with van der Waals surface area (Å²) in [5.74, 6) is -2.68. The average Bonchev–Trinajstić information content (AvgIpc) is 3.39. The topological polar surface area (TPSA) is 179 Å². The largest absolute Gasteiger partial charge is 0.455 e. The minimum atomic E-state index is -1.42. The van der Waals surface area contributed by atoms with Crippen LogP contribution in [0, 0.1) is 27.9 Å². The highest BCUT2D eigenvalue weighted by Crippen LogP contribution is 2.42.